The first-order valence-electron chi connectivity index (χ1n) is 6.00. The summed E-state index contributed by atoms with van der Waals surface area (Å²) < 4.78 is 28.5. The van der Waals surface area contributed by atoms with Gasteiger partial charge in [0.25, 0.3) is 0 Å². The van der Waals surface area contributed by atoms with E-state index >= 15 is 0 Å². The molecular weight excluding hydrogens is 344 g/mol. The Morgan fingerprint density at radius 2 is 2.00 bits per heavy atom. The molecule has 2 aromatic rings. The van der Waals surface area contributed by atoms with Gasteiger partial charge in [-0.3, -0.25) is 0 Å². The Morgan fingerprint density at radius 1 is 1.30 bits per heavy atom. The number of benzene rings is 1. The smallest absolute Gasteiger partial charge is 0.240 e. The molecule has 0 saturated carbocycles. The zero-order valence-electron chi connectivity index (χ0n) is 11.0. The van der Waals surface area contributed by atoms with E-state index in [0.717, 1.165) is 11.4 Å². The van der Waals surface area contributed by atoms with Crippen molar-refractivity contribution in [3.05, 3.63) is 42.0 Å². The van der Waals surface area contributed by atoms with Gasteiger partial charge in [-0.25, -0.2) is 13.1 Å². The lowest BCUT2D eigenvalue weighted by Gasteiger charge is -2.07. The van der Waals surface area contributed by atoms with E-state index in [1.54, 1.807) is 35.2 Å². The number of aryl methyl sites for hydroxylation is 1. The van der Waals surface area contributed by atoms with Crippen molar-refractivity contribution in [1.29, 1.82) is 0 Å². The number of nitrogens with one attached hydrogen (secondary N) is 1. The lowest BCUT2D eigenvalue weighted by Crippen LogP contribution is -2.26. The molecule has 20 heavy (non-hydrogen) atoms. The van der Waals surface area contributed by atoms with Crippen LogP contribution in [0, 0.1) is 0 Å². The third-order valence-electron chi connectivity index (χ3n) is 2.83. The Kier molecular flexibility index (Phi) is 4.90. The van der Waals surface area contributed by atoms with Crippen molar-refractivity contribution in [3.8, 4) is 0 Å². The highest BCUT2D eigenvalue weighted by Crippen LogP contribution is 2.12. The van der Waals surface area contributed by atoms with Crippen LogP contribution in [0.3, 0.4) is 0 Å². The fraction of sp³-hybridized carbons (Fsp3) is 0.333. The second kappa shape index (κ2) is 6.47. The lowest BCUT2D eigenvalue weighted by atomic mass is 10.2. The van der Waals surface area contributed by atoms with Crippen LogP contribution >= 0.6 is 15.9 Å². The number of nitrogens with zero attached hydrogens (tertiary/aromatic N) is 3. The summed E-state index contributed by atoms with van der Waals surface area (Å²) in [6.45, 7) is 0.287. The molecule has 0 atom stereocenters. The van der Waals surface area contributed by atoms with Gasteiger partial charge in [-0.2, -0.15) is 0 Å². The molecule has 0 radical (unpaired) electrons. The van der Waals surface area contributed by atoms with Gasteiger partial charge in [0, 0.05) is 25.3 Å². The number of hydrogen-bond donors (Lipinski definition) is 1. The molecule has 0 amide bonds. The highest BCUT2D eigenvalue weighted by molar-refractivity contribution is 9.08. The average Bonchev–Trinajstić information content (AvgIpc) is 2.84. The van der Waals surface area contributed by atoms with Gasteiger partial charge in [-0.15, -0.1) is 10.2 Å². The second-order valence-electron chi connectivity index (χ2n) is 4.28. The fourth-order valence-corrected chi connectivity index (χ4v) is 3.08. The Bertz CT molecular complexity index is 667. The van der Waals surface area contributed by atoms with Gasteiger partial charge >= 0.3 is 0 Å². The van der Waals surface area contributed by atoms with Gasteiger partial charge in [0.2, 0.25) is 10.0 Å². The Morgan fingerprint density at radius 3 is 2.55 bits per heavy atom. The standard InChI is InChI=1S/C12H15BrN4O2S/c1-17-9-14-16-12(17)6-7-15-20(18,19)11-4-2-10(8-13)3-5-11/h2-5,9,15H,6-8H2,1H3. The Labute approximate surface area is 126 Å². The van der Waals surface area contributed by atoms with Crippen LogP contribution in [0.2, 0.25) is 0 Å². The molecule has 1 N–H and O–H groups in total. The molecule has 108 valence electrons. The monoisotopic (exact) mass is 358 g/mol. The first kappa shape index (κ1) is 15.1. The maximum absolute atomic E-state index is 12.1. The number of sulfonamides is 1. The van der Waals surface area contributed by atoms with Gasteiger partial charge < -0.3 is 4.57 Å². The fourth-order valence-electron chi connectivity index (χ4n) is 1.67. The molecule has 0 bridgehead atoms. The molecule has 8 heteroatoms. The van der Waals surface area contributed by atoms with Crippen LogP contribution in [-0.2, 0) is 28.8 Å². The summed E-state index contributed by atoms with van der Waals surface area (Å²) in [5, 5.41) is 8.35. The minimum atomic E-state index is -3.47. The average molecular weight is 359 g/mol. The van der Waals surface area contributed by atoms with Crippen LogP contribution < -0.4 is 4.72 Å². The van der Waals surface area contributed by atoms with Crippen molar-refractivity contribution in [2.45, 2.75) is 16.6 Å². The van der Waals surface area contributed by atoms with E-state index in [1.807, 2.05) is 7.05 Å². The quantitative estimate of drug-likeness (QED) is 0.787. The molecule has 0 saturated heterocycles. The number of aromatic nitrogens is 3. The SMILES string of the molecule is Cn1cnnc1CCNS(=O)(=O)c1ccc(CBr)cc1. The van der Waals surface area contributed by atoms with Gasteiger partial charge in [0.15, 0.2) is 0 Å². The van der Waals surface area contributed by atoms with Crippen LogP contribution in [0.15, 0.2) is 35.5 Å². The first-order chi connectivity index (χ1) is 9.53. The molecule has 0 fully saturated rings. The normalized spacial score (nSPS) is 11.7. The molecule has 0 aliphatic carbocycles. The Balaban J connectivity index is 1.98. The minimum Gasteiger partial charge on any atom is -0.321 e. The van der Waals surface area contributed by atoms with E-state index in [9.17, 15) is 8.42 Å². The largest absolute Gasteiger partial charge is 0.321 e. The van der Waals surface area contributed by atoms with Gasteiger partial charge in [-0.1, -0.05) is 28.1 Å². The lowest BCUT2D eigenvalue weighted by molar-refractivity contribution is 0.580. The predicted octanol–water partition coefficient (Wildman–Crippen LogP) is 1.23. The van der Waals surface area contributed by atoms with Crippen LogP contribution in [0.5, 0.6) is 0 Å². The van der Waals surface area contributed by atoms with Crippen LogP contribution in [0.1, 0.15) is 11.4 Å². The van der Waals surface area contributed by atoms with Gasteiger partial charge in [0.05, 0.1) is 4.90 Å². The molecule has 1 aromatic carbocycles. The van der Waals surface area contributed by atoms with Crippen molar-refractivity contribution in [1.82, 2.24) is 19.5 Å². The molecular formula is C12H15BrN4O2S. The highest BCUT2D eigenvalue weighted by atomic mass is 79.9. The number of hydrogen-bond acceptors (Lipinski definition) is 4. The molecule has 2 rings (SSSR count). The third kappa shape index (κ3) is 3.65. The zero-order valence-corrected chi connectivity index (χ0v) is 13.4. The second-order valence-corrected chi connectivity index (χ2v) is 6.61. The van der Waals surface area contributed by atoms with Crippen molar-refractivity contribution in [2.24, 2.45) is 7.05 Å². The maximum Gasteiger partial charge on any atom is 0.240 e. The van der Waals surface area contributed by atoms with Gasteiger partial charge in [0.1, 0.15) is 12.2 Å². The topological polar surface area (TPSA) is 76.9 Å². The molecule has 1 aromatic heterocycles. The first-order valence-corrected chi connectivity index (χ1v) is 8.61. The summed E-state index contributed by atoms with van der Waals surface area (Å²) in [4.78, 5) is 0.264. The molecule has 0 aliphatic rings. The minimum absolute atomic E-state index is 0.264. The molecule has 0 spiro atoms. The van der Waals surface area contributed by atoms with E-state index in [1.165, 1.54) is 0 Å². The van der Waals surface area contributed by atoms with Crippen molar-refractivity contribution in [3.63, 3.8) is 0 Å². The molecule has 6 nitrogen and oxygen atoms in total. The zero-order chi connectivity index (χ0) is 14.6. The summed E-state index contributed by atoms with van der Waals surface area (Å²) in [5.41, 5.74) is 1.03. The Hall–Kier alpha value is -1.25. The molecule has 0 aliphatic heterocycles. The van der Waals surface area contributed by atoms with Crippen LogP contribution in [-0.4, -0.2) is 29.7 Å². The van der Waals surface area contributed by atoms with Crippen molar-refractivity contribution in [2.75, 3.05) is 6.54 Å². The molecule has 1 heterocycles. The highest BCUT2D eigenvalue weighted by Gasteiger charge is 2.13. The number of halogens is 1. The summed E-state index contributed by atoms with van der Waals surface area (Å²) in [7, 11) is -1.65. The van der Waals surface area contributed by atoms with Gasteiger partial charge in [-0.05, 0) is 17.7 Å². The van der Waals surface area contributed by atoms with E-state index in [-0.39, 0.29) is 11.4 Å². The van der Waals surface area contributed by atoms with E-state index in [4.69, 9.17) is 0 Å². The number of rotatable bonds is 6. The number of alkyl halides is 1. The van der Waals surface area contributed by atoms with Crippen LogP contribution in [0.4, 0.5) is 0 Å². The van der Waals surface area contributed by atoms with E-state index in [0.29, 0.717) is 11.8 Å². The van der Waals surface area contributed by atoms with E-state index < -0.39 is 10.0 Å². The van der Waals surface area contributed by atoms with Crippen molar-refractivity contribution >= 4 is 26.0 Å². The maximum atomic E-state index is 12.1. The summed E-state index contributed by atoms with van der Waals surface area (Å²) in [6.07, 6.45) is 2.08. The van der Waals surface area contributed by atoms with Crippen molar-refractivity contribution < 1.29 is 8.42 Å². The predicted molar refractivity (Wildman–Crippen MR) is 79.0 cm³/mol. The molecule has 0 unspecified atom stereocenters. The summed E-state index contributed by atoms with van der Waals surface area (Å²) in [6, 6.07) is 6.76. The van der Waals surface area contributed by atoms with Crippen LogP contribution in [0.25, 0.3) is 0 Å². The summed E-state index contributed by atoms with van der Waals surface area (Å²) in [5.74, 6) is 0.738. The van der Waals surface area contributed by atoms with E-state index in [2.05, 4.69) is 30.8 Å². The summed E-state index contributed by atoms with van der Waals surface area (Å²) >= 11 is 3.32. The third-order valence-corrected chi connectivity index (χ3v) is 4.96.